The molecule has 168 valence electrons. The first-order valence-electron chi connectivity index (χ1n) is 10.5. The van der Waals surface area contributed by atoms with Crippen molar-refractivity contribution in [1.29, 1.82) is 0 Å². The van der Waals surface area contributed by atoms with Gasteiger partial charge in [0, 0.05) is 13.6 Å². The summed E-state index contributed by atoms with van der Waals surface area (Å²) in [5.74, 6) is -0.331. The van der Waals surface area contributed by atoms with Crippen molar-refractivity contribution in [3.8, 4) is 0 Å². The number of carbonyl (C=O) groups excluding carboxylic acids is 1. The minimum absolute atomic E-state index is 0.208. The second-order valence-electron chi connectivity index (χ2n) is 8.88. The molecule has 2 aromatic carbocycles. The molecule has 0 radical (unpaired) electrons. The Morgan fingerprint density at radius 3 is 2.39 bits per heavy atom. The van der Waals surface area contributed by atoms with Crippen molar-refractivity contribution < 1.29 is 13.9 Å². The third-order valence-electron chi connectivity index (χ3n) is 4.95. The highest BCUT2D eigenvalue weighted by molar-refractivity contribution is 5.89. The van der Waals surface area contributed by atoms with Gasteiger partial charge in [-0.2, -0.15) is 0 Å². The molecule has 0 aromatic heterocycles. The molecule has 5 nitrogen and oxygen atoms in total. The maximum atomic E-state index is 13.9. The van der Waals surface area contributed by atoms with E-state index in [2.05, 4.69) is 11.9 Å². The van der Waals surface area contributed by atoms with E-state index in [-0.39, 0.29) is 12.4 Å². The Balaban J connectivity index is 2.50. The van der Waals surface area contributed by atoms with Crippen molar-refractivity contribution in [2.45, 2.75) is 60.6 Å². The predicted molar refractivity (Wildman–Crippen MR) is 126 cm³/mol. The zero-order chi connectivity index (χ0) is 23.3. The van der Waals surface area contributed by atoms with Gasteiger partial charge in [0.1, 0.15) is 11.4 Å². The van der Waals surface area contributed by atoms with Gasteiger partial charge in [0.2, 0.25) is 0 Å². The van der Waals surface area contributed by atoms with Crippen LogP contribution in [0, 0.1) is 26.6 Å². The summed E-state index contributed by atoms with van der Waals surface area (Å²) in [6, 6.07) is 8.51. The number of halogens is 1. The second-order valence-corrected chi connectivity index (χ2v) is 8.88. The molecule has 6 heteroatoms. The second kappa shape index (κ2) is 9.94. The molecule has 0 atom stereocenters. The smallest absolute Gasteiger partial charge is 0.415 e. The van der Waals surface area contributed by atoms with Crippen LogP contribution < -0.4 is 4.90 Å². The zero-order valence-corrected chi connectivity index (χ0v) is 19.9. The zero-order valence-electron chi connectivity index (χ0n) is 19.9. The minimum Gasteiger partial charge on any atom is -0.443 e. The first-order valence-corrected chi connectivity index (χ1v) is 10.5. The molecule has 0 aliphatic rings. The molecule has 2 rings (SSSR count). The van der Waals surface area contributed by atoms with Gasteiger partial charge < -0.3 is 9.64 Å². The number of aryl methyl sites for hydroxylation is 3. The van der Waals surface area contributed by atoms with Crippen LogP contribution in [0.2, 0.25) is 0 Å². The summed E-state index contributed by atoms with van der Waals surface area (Å²) in [5, 5.41) is 0. The first-order chi connectivity index (χ1) is 14.4. The topological polar surface area (TPSA) is 45.1 Å². The van der Waals surface area contributed by atoms with Crippen LogP contribution in [0.5, 0.6) is 0 Å². The van der Waals surface area contributed by atoms with E-state index < -0.39 is 11.7 Å². The molecule has 0 fully saturated rings. The van der Waals surface area contributed by atoms with Crippen LogP contribution in [0.3, 0.4) is 0 Å². The summed E-state index contributed by atoms with van der Waals surface area (Å²) in [6.45, 7) is 14.4. The maximum absolute atomic E-state index is 13.9. The van der Waals surface area contributed by atoms with Gasteiger partial charge in [-0.1, -0.05) is 6.07 Å². The molecule has 0 spiro atoms. The van der Waals surface area contributed by atoms with E-state index >= 15 is 0 Å². The lowest BCUT2D eigenvalue weighted by Gasteiger charge is -2.29. The summed E-state index contributed by atoms with van der Waals surface area (Å²) in [6.07, 6.45) is 1.32. The van der Waals surface area contributed by atoms with E-state index in [0.29, 0.717) is 0 Å². The van der Waals surface area contributed by atoms with E-state index in [1.54, 1.807) is 17.3 Å². The molecule has 0 unspecified atom stereocenters. The van der Waals surface area contributed by atoms with Crippen molar-refractivity contribution in [2.75, 3.05) is 18.5 Å². The lowest BCUT2D eigenvalue weighted by Crippen LogP contribution is -2.37. The van der Waals surface area contributed by atoms with Crippen molar-refractivity contribution in [3.05, 3.63) is 58.4 Å². The lowest BCUT2D eigenvalue weighted by molar-refractivity contribution is 0.0577. The number of benzene rings is 2. The number of carbonyl (C=O) groups is 1. The van der Waals surface area contributed by atoms with E-state index in [1.807, 2.05) is 65.6 Å². The van der Waals surface area contributed by atoms with Crippen molar-refractivity contribution in [2.24, 2.45) is 4.99 Å². The SMILES string of the molecule is CCN(C)C=Nc1cc(C)c(N(Cc2cc(F)ccc2C)C(=O)OC(C)(C)C)cc1C. The number of aliphatic imine (C=N–C) groups is 1. The lowest BCUT2D eigenvalue weighted by atomic mass is 10.0. The van der Waals surface area contributed by atoms with Crippen LogP contribution in [0.25, 0.3) is 0 Å². The molecule has 0 saturated heterocycles. The summed E-state index contributed by atoms with van der Waals surface area (Å²) in [7, 11) is 1.96. The number of amides is 1. The van der Waals surface area contributed by atoms with Crippen molar-refractivity contribution in [1.82, 2.24) is 4.90 Å². The minimum atomic E-state index is -0.649. The van der Waals surface area contributed by atoms with E-state index in [1.165, 1.54) is 12.1 Å². The normalized spacial score (nSPS) is 11.6. The molecular weight excluding hydrogens is 393 g/mol. The maximum Gasteiger partial charge on any atom is 0.415 e. The number of ether oxygens (including phenoxy) is 1. The Bertz CT molecular complexity index is 964. The Hall–Kier alpha value is -2.89. The van der Waals surface area contributed by atoms with Gasteiger partial charge in [-0.25, -0.2) is 14.2 Å². The van der Waals surface area contributed by atoms with Gasteiger partial charge in [-0.3, -0.25) is 4.90 Å². The number of hydrogen-bond acceptors (Lipinski definition) is 3. The highest BCUT2D eigenvalue weighted by Crippen LogP contribution is 2.31. The van der Waals surface area contributed by atoms with Crippen LogP contribution in [0.4, 0.5) is 20.6 Å². The van der Waals surface area contributed by atoms with Gasteiger partial charge in [-0.15, -0.1) is 0 Å². The molecule has 0 heterocycles. The fourth-order valence-electron chi connectivity index (χ4n) is 3.00. The molecule has 0 bridgehead atoms. The molecule has 0 N–H and O–H groups in total. The van der Waals surface area contributed by atoms with Crippen LogP contribution in [0.15, 0.2) is 35.3 Å². The molecule has 0 aliphatic heterocycles. The standard InChI is InChI=1S/C25H34FN3O2/c1-9-28(8)16-27-22-12-19(4)23(13-18(22)3)29(24(30)31-25(5,6)7)15-20-14-21(26)11-10-17(20)2/h10-14,16H,9,15H2,1-8H3. The third kappa shape index (κ3) is 6.81. The fourth-order valence-corrected chi connectivity index (χ4v) is 3.00. The highest BCUT2D eigenvalue weighted by atomic mass is 19.1. The fraction of sp³-hybridized carbons (Fsp3) is 0.440. The quantitative estimate of drug-likeness (QED) is 0.401. The number of hydrogen-bond donors (Lipinski definition) is 0. The summed E-state index contributed by atoms with van der Waals surface area (Å²) < 4.78 is 19.6. The van der Waals surface area contributed by atoms with Gasteiger partial charge in [-0.05, 0) is 95.0 Å². The number of anilines is 1. The van der Waals surface area contributed by atoms with E-state index in [0.717, 1.165) is 40.2 Å². The van der Waals surface area contributed by atoms with Gasteiger partial charge in [0.15, 0.2) is 0 Å². The third-order valence-corrected chi connectivity index (χ3v) is 4.95. The summed E-state index contributed by atoms with van der Waals surface area (Å²) in [4.78, 5) is 21.3. The summed E-state index contributed by atoms with van der Waals surface area (Å²) in [5.41, 5.74) is 4.38. The van der Waals surface area contributed by atoms with Gasteiger partial charge >= 0.3 is 6.09 Å². The Morgan fingerprint density at radius 1 is 1.10 bits per heavy atom. The van der Waals surface area contributed by atoms with Crippen molar-refractivity contribution in [3.63, 3.8) is 0 Å². The average molecular weight is 428 g/mol. The largest absolute Gasteiger partial charge is 0.443 e. The molecule has 2 aromatic rings. The first kappa shape index (κ1) is 24.4. The van der Waals surface area contributed by atoms with E-state index in [4.69, 9.17) is 4.74 Å². The Kier molecular flexibility index (Phi) is 7.82. The molecule has 0 aliphatic carbocycles. The van der Waals surface area contributed by atoms with E-state index in [9.17, 15) is 9.18 Å². The highest BCUT2D eigenvalue weighted by Gasteiger charge is 2.26. The Morgan fingerprint density at radius 2 is 1.77 bits per heavy atom. The molecule has 31 heavy (non-hydrogen) atoms. The van der Waals surface area contributed by atoms with Crippen molar-refractivity contribution >= 4 is 23.8 Å². The Labute approximate surface area is 185 Å². The molecular formula is C25H34FN3O2. The van der Waals surface area contributed by atoms with Crippen LogP contribution in [0.1, 0.15) is 49.9 Å². The monoisotopic (exact) mass is 427 g/mol. The van der Waals surface area contributed by atoms with Crippen LogP contribution in [-0.4, -0.2) is 36.5 Å². The van der Waals surface area contributed by atoms with Gasteiger partial charge in [0.25, 0.3) is 0 Å². The predicted octanol–water partition coefficient (Wildman–Crippen LogP) is 6.30. The number of rotatable bonds is 6. The van der Waals surface area contributed by atoms with Crippen LogP contribution in [-0.2, 0) is 11.3 Å². The number of nitrogens with zero attached hydrogens (tertiary/aromatic N) is 3. The van der Waals surface area contributed by atoms with Crippen LogP contribution >= 0.6 is 0 Å². The summed E-state index contributed by atoms with van der Waals surface area (Å²) >= 11 is 0. The molecule has 1 amide bonds. The molecule has 0 saturated carbocycles. The average Bonchev–Trinajstić information content (AvgIpc) is 2.67. The van der Waals surface area contributed by atoms with Gasteiger partial charge in [0.05, 0.1) is 24.3 Å².